The number of rotatable bonds is 4. The zero-order valence-electron chi connectivity index (χ0n) is 7.90. The fourth-order valence-electron chi connectivity index (χ4n) is 1.15. The van der Waals surface area contributed by atoms with E-state index in [4.69, 9.17) is 10.5 Å². The second kappa shape index (κ2) is 4.62. The maximum Gasteiger partial charge on any atom is 0.118 e. The quantitative estimate of drug-likeness (QED) is 0.722. The number of benzene rings is 1. The van der Waals surface area contributed by atoms with Gasteiger partial charge in [0.25, 0.3) is 0 Å². The molecule has 0 bridgehead atoms. The lowest BCUT2D eigenvalue weighted by Crippen LogP contribution is -2.27. The van der Waals surface area contributed by atoms with Gasteiger partial charge in [-0.15, -0.1) is 0 Å². The summed E-state index contributed by atoms with van der Waals surface area (Å²) < 4.78 is 4.96. The van der Waals surface area contributed by atoms with E-state index in [9.17, 15) is 9.90 Å². The number of aliphatic carboxylic acids is 1. The molecule has 0 saturated heterocycles. The number of nitrogens with two attached hydrogens (primary N) is 1. The van der Waals surface area contributed by atoms with Crippen LogP contribution in [0.15, 0.2) is 24.3 Å². The highest BCUT2D eigenvalue weighted by Crippen LogP contribution is 2.17. The summed E-state index contributed by atoms with van der Waals surface area (Å²) in [4.78, 5) is 10.3. The number of carbonyl (C=O) groups excluding carboxylic acids is 1. The summed E-state index contributed by atoms with van der Waals surface area (Å²) in [6.07, 6.45) is -0.174. The molecular weight excluding hydrogens is 182 g/mol. The summed E-state index contributed by atoms with van der Waals surface area (Å²) in [5, 5.41) is 10.3. The summed E-state index contributed by atoms with van der Waals surface area (Å²) in [6, 6.07) is 6.44. The lowest BCUT2D eigenvalue weighted by molar-refractivity contribution is -0.306. The van der Waals surface area contributed by atoms with Gasteiger partial charge in [0.15, 0.2) is 0 Å². The van der Waals surface area contributed by atoms with E-state index in [0.29, 0.717) is 0 Å². The van der Waals surface area contributed by atoms with Gasteiger partial charge in [0.05, 0.1) is 7.11 Å². The molecule has 0 aromatic heterocycles. The maximum absolute atomic E-state index is 10.3. The second-order valence-electron chi connectivity index (χ2n) is 2.96. The van der Waals surface area contributed by atoms with Crippen LogP contribution in [0.1, 0.15) is 18.0 Å². The molecule has 0 aliphatic rings. The van der Waals surface area contributed by atoms with E-state index < -0.39 is 12.0 Å². The standard InChI is InChI=1S/C10H13NO3/c1-14-8-4-2-7(3-5-8)9(11)6-10(12)13/h2-5,9H,6,11H2,1H3,(H,12,13)/p-1. The second-order valence-corrected chi connectivity index (χ2v) is 2.96. The molecule has 1 aromatic carbocycles. The highest BCUT2D eigenvalue weighted by atomic mass is 16.5. The summed E-state index contributed by atoms with van der Waals surface area (Å²) in [7, 11) is 1.57. The summed E-state index contributed by atoms with van der Waals surface area (Å²) >= 11 is 0. The largest absolute Gasteiger partial charge is 0.550 e. The maximum atomic E-state index is 10.3. The molecule has 2 N–H and O–H groups in total. The average Bonchev–Trinajstić information content (AvgIpc) is 2.17. The first kappa shape index (κ1) is 10.5. The first-order chi connectivity index (χ1) is 6.63. The van der Waals surface area contributed by atoms with E-state index in [1.165, 1.54) is 0 Å². The van der Waals surface area contributed by atoms with Crippen LogP contribution >= 0.6 is 0 Å². The minimum atomic E-state index is -1.15. The fraction of sp³-hybridized carbons (Fsp3) is 0.300. The van der Waals surface area contributed by atoms with Crippen molar-refractivity contribution in [1.82, 2.24) is 0 Å². The average molecular weight is 194 g/mol. The number of carbonyl (C=O) groups is 1. The van der Waals surface area contributed by atoms with Crippen LogP contribution in [0, 0.1) is 0 Å². The molecule has 1 unspecified atom stereocenters. The third-order valence-corrected chi connectivity index (χ3v) is 1.93. The molecule has 0 aliphatic carbocycles. The van der Waals surface area contributed by atoms with Crippen LogP contribution in [-0.2, 0) is 4.79 Å². The van der Waals surface area contributed by atoms with Crippen LogP contribution in [0.25, 0.3) is 0 Å². The molecule has 0 radical (unpaired) electrons. The van der Waals surface area contributed by atoms with Crippen LogP contribution in [0.5, 0.6) is 5.75 Å². The number of ether oxygens (including phenoxy) is 1. The van der Waals surface area contributed by atoms with Crippen molar-refractivity contribution < 1.29 is 14.6 Å². The van der Waals surface area contributed by atoms with Gasteiger partial charge >= 0.3 is 0 Å². The number of hydrogen-bond donors (Lipinski definition) is 1. The molecule has 4 heteroatoms. The lowest BCUT2D eigenvalue weighted by Gasteiger charge is -2.12. The molecule has 14 heavy (non-hydrogen) atoms. The van der Waals surface area contributed by atoms with E-state index in [2.05, 4.69) is 0 Å². The molecule has 0 heterocycles. The van der Waals surface area contributed by atoms with Crippen molar-refractivity contribution in [2.45, 2.75) is 12.5 Å². The highest BCUT2D eigenvalue weighted by Gasteiger charge is 2.05. The highest BCUT2D eigenvalue weighted by molar-refractivity contribution is 5.65. The van der Waals surface area contributed by atoms with Crippen molar-refractivity contribution in [1.29, 1.82) is 0 Å². The van der Waals surface area contributed by atoms with Gasteiger partial charge in [-0.05, 0) is 17.7 Å². The Balaban J connectivity index is 2.71. The van der Waals surface area contributed by atoms with E-state index in [1.54, 1.807) is 31.4 Å². The summed E-state index contributed by atoms with van der Waals surface area (Å²) in [5.74, 6) is -0.428. The predicted octanol–water partition coefficient (Wildman–Crippen LogP) is -0.165. The van der Waals surface area contributed by atoms with Crippen molar-refractivity contribution in [3.63, 3.8) is 0 Å². The van der Waals surface area contributed by atoms with Gasteiger partial charge in [-0.1, -0.05) is 12.1 Å². The molecule has 0 spiro atoms. The third-order valence-electron chi connectivity index (χ3n) is 1.93. The van der Waals surface area contributed by atoms with Crippen molar-refractivity contribution >= 4 is 5.97 Å². The Morgan fingerprint density at radius 1 is 1.50 bits per heavy atom. The molecule has 0 amide bonds. The lowest BCUT2D eigenvalue weighted by atomic mass is 10.1. The van der Waals surface area contributed by atoms with Crippen molar-refractivity contribution in [2.24, 2.45) is 5.73 Å². The summed E-state index contributed by atoms with van der Waals surface area (Å²) in [6.45, 7) is 0. The Morgan fingerprint density at radius 3 is 2.50 bits per heavy atom. The first-order valence-corrected chi connectivity index (χ1v) is 4.23. The normalized spacial score (nSPS) is 12.1. The third kappa shape index (κ3) is 2.74. The van der Waals surface area contributed by atoms with Crippen LogP contribution in [0.4, 0.5) is 0 Å². The monoisotopic (exact) mass is 194 g/mol. The zero-order chi connectivity index (χ0) is 10.6. The van der Waals surface area contributed by atoms with E-state index in [1.807, 2.05) is 0 Å². The SMILES string of the molecule is COc1ccc(C(N)CC(=O)[O-])cc1. The van der Waals surface area contributed by atoms with Crippen molar-refractivity contribution in [3.8, 4) is 5.75 Å². The smallest absolute Gasteiger partial charge is 0.118 e. The zero-order valence-corrected chi connectivity index (χ0v) is 7.90. The van der Waals surface area contributed by atoms with Crippen molar-refractivity contribution in [2.75, 3.05) is 7.11 Å². The van der Waals surface area contributed by atoms with Gasteiger partial charge in [-0.2, -0.15) is 0 Å². The number of methoxy groups -OCH3 is 1. The van der Waals surface area contributed by atoms with E-state index in [0.717, 1.165) is 11.3 Å². The molecule has 1 rings (SSSR count). The number of hydrogen-bond acceptors (Lipinski definition) is 4. The number of carboxylic acid groups (broad SMARTS) is 1. The minimum Gasteiger partial charge on any atom is -0.550 e. The van der Waals surface area contributed by atoms with E-state index in [-0.39, 0.29) is 6.42 Å². The summed E-state index contributed by atoms with van der Waals surface area (Å²) in [5.41, 5.74) is 6.39. The topological polar surface area (TPSA) is 75.4 Å². The van der Waals surface area contributed by atoms with E-state index >= 15 is 0 Å². The molecule has 4 nitrogen and oxygen atoms in total. The number of carboxylic acids is 1. The van der Waals surface area contributed by atoms with Crippen LogP contribution in [-0.4, -0.2) is 13.1 Å². The fourth-order valence-corrected chi connectivity index (χ4v) is 1.15. The van der Waals surface area contributed by atoms with Crippen LogP contribution < -0.4 is 15.6 Å². The van der Waals surface area contributed by atoms with Crippen LogP contribution in [0.2, 0.25) is 0 Å². The van der Waals surface area contributed by atoms with Gasteiger partial charge in [0.2, 0.25) is 0 Å². The van der Waals surface area contributed by atoms with Crippen LogP contribution in [0.3, 0.4) is 0 Å². The molecule has 76 valence electrons. The molecule has 1 aromatic rings. The molecule has 1 atom stereocenters. The van der Waals surface area contributed by atoms with Gasteiger partial charge in [-0.3, -0.25) is 0 Å². The predicted molar refractivity (Wildman–Crippen MR) is 49.5 cm³/mol. The molecular formula is C10H12NO3-. The first-order valence-electron chi connectivity index (χ1n) is 4.23. The van der Waals surface area contributed by atoms with Gasteiger partial charge < -0.3 is 20.4 Å². The molecule has 0 saturated carbocycles. The van der Waals surface area contributed by atoms with Crippen molar-refractivity contribution in [3.05, 3.63) is 29.8 Å². The van der Waals surface area contributed by atoms with Gasteiger partial charge in [-0.25, -0.2) is 0 Å². The Kier molecular flexibility index (Phi) is 3.48. The Morgan fingerprint density at radius 2 is 2.07 bits per heavy atom. The Bertz CT molecular complexity index is 308. The Hall–Kier alpha value is -1.55. The molecule has 0 aliphatic heterocycles. The minimum absolute atomic E-state index is 0.174. The Labute approximate surface area is 82.3 Å². The van der Waals surface area contributed by atoms with Gasteiger partial charge in [0.1, 0.15) is 5.75 Å². The molecule has 0 fully saturated rings. The van der Waals surface area contributed by atoms with Gasteiger partial charge in [0, 0.05) is 18.4 Å².